The molecule has 0 aliphatic carbocycles. The molecule has 0 bridgehead atoms. The first kappa shape index (κ1) is 17.3. The Hall–Kier alpha value is -1.71. The zero-order valence-corrected chi connectivity index (χ0v) is 12.7. The van der Waals surface area contributed by atoms with Gasteiger partial charge in [0.15, 0.2) is 0 Å². The fourth-order valence-electron chi connectivity index (χ4n) is 1.52. The number of halogens is 1. The second-order valence-corrected chi connectivity index (χ2v) is 6.64. The summed E-state index contributed by atoms with van der Waals surface area (Å²) < 4.78 is 26.3. The largest absolute Gasteiger partial charge is 0.480 e. The summed E-state index contributed by atoms with van der Waals surface area (Å²) in [5, 5.41) is 19.2. The molecule has 116 valence electrons. The van der Waals surface area contributed by atoms with Gasteiger partial charge in [-0.05, 0) is 12.0 Å². The maximum absolute atomic E-state index is 12.1. The topological polar surface area (TPSA) is 127 Å². The third kappa shape index (κ3) is 4.13. The molecular weight excluding hydrogens is 324 g/mol. The molecule has 2 N–H and O–H groups in total. The Kier molecular flexibility index (Phi) is 5.26. The molecule has 0 spiro atoms. The molecule has 0 saturated carbocycles. The summed E-state index contributed by atoms with van der Waals surface area (Å²) in [5.41, 5.74) is -0.363. The van der Waals surface area contributed by atoms with Gasteiger partial charge in [-0.25, -0.2) is 8.42 Å². The van der Waals surface area contributed by atoms with E-state index in [1.165, 1.54) is 0 Å². The smallest absolute Gasteiger partial charge is 0.322 e. The van der Waals surface area contributed by atoms with Gasteiger partial charge < -0.3 is 5.11 Å². The maximum Gasteiger partial charge on any atom is 0.322 e. The quantitative estimate of drug-likeness (QED) is 0.600. The molecule has 1 aromatic carbocycles. The standard InChI is InChI=1S/C11H13ClN2O6S/c1-6(2)10(11(15)16)13-21(19,20)9-4-3-7(14(17)18)5-8(9)12/h3-6,10,13H,1-2H3,(H,15,16)/t10-/m0/s1. The van der Waals surface area contributed by atoms with Crippen molar-refractivity contribution >= 4 is 33.3 Å². The Labute approximate surface area is 125 Å². The van der Waals surface area contributed by atoms with E-state index in [1.807, 2.05) is 4.72 Å². The van der Waals surface area contributed by atoms with Crippen molar-refractivity contribution in [2.45, 2.75) is 24.8 Å². The number of rotatable bonds is 6. The Balaban J connectivity index is 3.19. The van der Waals surface area contributed by atoms with Crippen LogP contribution in [0, 0.1) is 16.0 Å². The summed E-state index contributed by atoms with van der Waals surface area (Å²) in [6.07, 6.45) is 0. The lowest BCUT2D eigenvalue weighted by atomic mass is 10.1. The molecule has 0 fully saturated rings. The number of carbonyl (C=O) groups is 1. The van der Waals surface area contributed by atoms with Gasteiger partial charge in [-0.2, -0.15) is 4.72 Å². The third-order valence-corrected chi connectivity index (χ3v) is 4.55. The second kappa shape index (κ2) is 6.37. The van der Waals surface area contributed by atoms with Crippen LogP contribution >= 0.6 is 11.6 Å². The lowest BCUT2D eigenvalue weighted by molar-refractivity contribution is -0.384. The van der Waals surface area contributed by atoms with Crippen molar-refractivity contribution in [3.8, 4) is 0 Å². The van der Waals surface area contributed by atoms with Crippen molar-refractivity contribution < 1.29 is 23.2 Å². The van der Waals surface area contributed by atoms with E-state index < -0.39 is 37.8 Å². The molecule has 0 aromatic heterocycles. The van der Waals surface area contributed by atoms with Crippen LogP contribution in [-0.2, 0) is 14.8 Å². The highest BCUT2D eigenvalue weighted by Crippen LogP contribution is 2.26. The van der Waals surface area contributed by atoms with E-state index in [0.717, 1.165) is 18.2 Å². The van der Waals surface area contributed by atoms with Crippen molar-refractivity contribution in [1.82, 2.24) is 4.72 Å². The van der Waals surface area contributed by atoms with Gasteiger partial charge in [-0.15, -0.1) is 0 Å². The van der Waals surface area contributed by atoms with Crippen LogP contribution in [0.4, 0.5) is 5.69 Å². The van der Waals surface area contributed by atoms with E-state index in [2.05, 4.69) is 0 Å². The minimum Gasteiger partial charge on any atom is -0.480 e. The molecule has 0 heterocycles. The zero-order chi connectivity index (χ0) is 16.4. The highest BCUT2D eigenvalue weighted by atomic mass is 35.5. The van der Waals surface area contributed by atoms with Crippen LogP contribution < -0.4 is 4.72 Å². The van der Waals surface area contributed by atoms with Crippen molar-refractivity contribution in [3.05, 3.63) is 33.3 Å². The van der Waals surface area contributed by atoms with Crippen LogP contribution in [-0.4, -0.2) is 30.5 Å². The summed E-state index contributed by atoms with van der Waals surface area (Å²) in [5.74, 6) is -1.82. The fraction of sp³-hybridized carbons (Fsp3) is 0.364. The van der Waals surface area contributed by atoms with E-state index >= 15 is 0 Å². The van der Waals surface area contributed by atoms with Crippen LogP contribution in [0.1, 0.15) is 13.8 Å². The number of nitrogens with zero attached hydrogens (tertiary/aromatic N) is 1. The maximum atomic E-state index is 12.1. The number of nitrogens with one attached hydrogen (secondary N) is 1. The van der Waals surface area contributed by atoms with E-state index in [-0.39, 0.29) is 10.7 Å². The second-order valence-electron chi connectivity index (χ2n) is 4.55. The molecule has 1 atom stereocenters. The minimum atomic E-state index is -4.21. The Morgan fingerprint density at radius 1 is 1.43 bits per heavy atom. The highest BCUT2D eigenvalue weighted by molar-refractivity contribution is 7.89. The molecule has 10 heteroatoms. The van der Waals surface area contributed by atoms with Gasteiger partial charge in [0.25, 0.3) is 5.69 Å². The monoisotopic (exact) mass is 336 g/mol. The van der Waals surface area contributed by atoms with Gasteiger partial charge in [-0.1, -0.05) is 25.4 Å². The number of hydrogen-bond acceptors (Lipinski definition) is 5. The van der Waals surface area contributed by atoms with Crippen LogP contribution in [0.2, 0.25) is 5.02 Å². The summed E-state index contributed by atoms with van der Waals surface area (Å²) >= 11 is 5.73. The molecule has 0 aliphatic heterocycles. The Bertz CT molecular complexity index is 673. The van der Waals surface area contributed by atoms with Gasteiger partial charge in [0, 0.05) is 12.1 Å². The molecule has 1 aromatic rings. The predicted octanol–water partition coefficient (Wildman–Crippen LogP) is 1.64. The van der Waals surface area contributed by atoms with E-state index in [0.29, 0.717) is 0 Å². The molecule has 0 saturated heterocycles. The summed E-state index contributed by atoms with van der Waals surface area (Å²) in [4.78, 5) is 20.5. The van der Waals surface area contributed by atoms with E-state index in [9.17, 15) is 23.3 Å². The van der Waals surface area contributed by atoms with Gasteiger partial charge in [-0.3, -0.25) is 14.9 Å². The number of nitro groups is 1. The lowest BCUT2D eigenvalue weighted by Crippen LogP contribution is -2.44. The van der Waals surface area contributed by atoms with Crippen molar-refractivity contribution in [1.29, 1.82) is 0 Å². The highest BCUT2D eigenvalue weighted by Gasteiger charge is 2.29. The number of carboxylic acids is 1. The van der Waals surface area contributed by atoms with Gasteiger partial charge >= 0.3 is 5.97 Å². The minimum absolute atomic E-state index is 0.357. The Morgan fingerprint density at radius 2 is 2.00 bits per heavy atom. The van der Waals surface area contributed by atoms with Crippen LogP contribution in [0.5, 0.6) is 0 Å². The molecule has 8 nitrogen and oxygen atoms in total. The fourth-order valence-corrected chi connectivity index (χ4v) is 3.40. The number of benzene rings is 1. The van der Waals surface area contributed by atoms with Crippen LogP contribution in [0.15, 0.2) is 23.1 Å². The number of carboxylic acid groups (broad SMARTS) is 1. The first-order valence-electron chi connectivity index (χ1n) is 5.75. The van der Waals surface area contributed by atoms with Gasteiger partial charge in [0.05, 0.1) is 9.95 Å². The molecule has 21 heavy (non-hydrogen) atoms. The Morgan fingerprint density at radius 3 is 2.38 bits per heavy atom. The lowest BCUT2D eigenvalue weighted by Gasteiger charge is -2.18. The van der Waals surface area contributed by atoms with Gasteiger partial charge in [0.1, 0.15) is 10.9 Å². The number of hydrogen-bond donors (Lipinski definition) is 2. The summed E-state index contributed by atoms with van der Waals surface area (Å²) in [7, 11) is -4.21. The molecular formula is C11H13ClN2O6S. The third-order valence-electron chi connectivity index (χ3n) is 2.63. The first-order valence-corrected chi connectivity index (χ1v) is 7.61. The van der Waals surface area contributed by atoms with Crippen molar-refractivity contribution in [3.63, 3.8) is 0 Å². The van der Waals surface area contributed by atoms with E-state index in [1.54, 1.807) is 13.8 Å². The zero-order valence-electron chi connectivity index (χ0n) is 11.1. The van der Waals surface area contributed by atoms with Crippen LogP contribution in [0.25, 0.3) is 0 Å². The average Bonchev–Trinajstić information content (AvgIpc) is 2.34. The van der Waals surface area contributed by atoms with Crippen LogP contribution in [0.3, 0.4) is 0 Å². The number of nitro benzene ring substituents is 1. The predicted molar refractivity (Wildman–Crippen MR) is 74.7 cm³/mol. The first-order chi connectivity index (χ1) is 9.56. The summed E-state index contributed by atoms with van der Waals surface area (Å²) in [6, 6.07) is 1.50. The van der Waals surface area contributed by atoms with Gasteiger partial charge in [0.2, 0.25) is 10.0 Å². The molecule has 0 unspecified atom stereocenters. The number of non-ortho nitro benzene ring substituents is 1. The number of sulfonamides is 1. The average molecular weight is 337 g/mol. The molecule has 0 radical (unpaired) electrons. The van der Waals surface area contributed by atoms with Crippen molar-refractivity contribution in [2.75, 3.05) is 0 Å². The SMILES string of the molecule is CC(C)[C@H](NS(=O)(=O)c1ccc([N+](=O)[O-])cc1Cl)C(=O)O. The molecule has 0 amide bonds. The summed E-state index contributed by atoms with van der Waals surface area (Å²) in [6.45, 7) is 3.08. The normalized spacial score (nSPS) is 13.1. The number of aliphatic carboxylic acids is 1. The molecule has 1 rings (SSSR count). The molecule has 0 aliphatic rings. The van der Waals surface area contributed by atoms with Crippen molar-refractivity contribution in [2.24, 2.45) is 5.92 Å². The van der Waals surface area contributed by atoms with E-state index in [4.69, 9.17) is 16.7 Å².